The Bertz CT molecular complexity index is 1180. The first kappa shape index (κ1) is 20.0. The Morgan fingerprint density at radius 1 is 0.733 bits per heavy atom. The molecular formula is C23H15F3N2OS. The van der Waals surface area contributed by atoms with Crippen LogP contribution < -0.4 is 4.74 Å². The highest BCUT2D eigenvalue weighted by molar-refractivity contribution is 7.98. The van der Waals surface area contributed by atoms with Crippen LogP contribution in [0.2, 0.25) is 0 Å². The third kappa shape index (κ3) is 4.31. The van der Waals surface area contributed by atoms with Gasteiger partial charge in [0.25, 0.3) is 0 Å². The molecule has 0 aliphatic heterocycles. The summed E-state index contributed by atoms with van der Waals surface area (Å²) < 4.78 is 46.0. The third-order valence-corrected chi connectivity index (χ3v) is 5.14. The zero-order chi connectivity index (χ0) is 21.1. The molecule has 4 aromatic rings. The molecule has 0 atom stereocenters. The minimum absolute atomic E-state index is 0.0318. The van der Waals surface area contributed by atoms with Crippen LogP contribution >= 0.6 is 11.8 Å². The molecule has 0 spiro atoms. The van der Waals surface area contributed by atoms with Crippen LogP contribution in [-0.4, -0.2) is 16.5 Å². The Balaban J connectivity index is 1.79. The summed E-state index contributed by atoms with van der Waals surface area (Å²) in [5.74, 6) is -2.06. The predicted octanol–water partition coefficient (Wildman–Crippen LogP) is 6.74. The monoisotopic (exact) mass is 424 g/mol. The minimum Gasteiger partial charge on any atom is -0.434 e. The smallest absolute Gasteiger partial charge is 0.239 e. The summed E-state index contributed by atoms with van der Waals surface area (Å²) in [5, 5.41) is 8.32. The lowest BCUT2D eigenvalue weighted by molar-refractivity contribution is 0.419. The highest BCUT2D eigenvalue weighted by atomic mass is 32.2. The van der Waals surface area contributed by atoms with Gasteiger partial charge < -0.3 is 4.74 Å². The lowest BCUT2D eigenvalue weighted by Crippen LogP contribution is -1.98. The van der Waals surface area contributed by atoms with Gasteiger partial charge in [0.1, 0.15) is 17.3 Å². The number of hydrogen-bond donors (Lipinski definition) is 0. The average molecular weight is 424 g/mol. The highest BCUT2D eigenvalue weighted by Gasteiger charge is 2.15. The van der Waals surface area contributed by atoms with Gasteiger partial charge >= 0.3 is 0 Å². The van der Waals surface area contributed by atoms with E-state index in [1.807, 2.05) is 30.5 Å². The Hall–Kier alpha value is -3.32. The van der Waals surface area contributed by atoms with Crippen molar-refractivity contribution >= 4 is 11.8 Å². The second kappa shape index (κ2) is 8.59. The van der Waals surface area contributed by atoms with Crippen molar-refractivity contribution in [3.05, 3.63) is 90.2 Å². The van der Waals surface area contributed by atoms with Crippen molar-refractivity contribution in [3.63, 3.8) is 0 Å². The quantitative estimate of drug-likeness (QED) is 0.332. The van der Waals surface area contributed by atoms with Crippen molar-refractivity contribution in [1.82, 2.24) is 10.2 Å². The number of benzene rings is 3. The molecule has 0 aliphatic carbocycles. The molecule has 4 rings (SSSR count). The summed E-state index contributed by atoms with van der Waals surface area (Å²) in [6.45, 7) is 0. The number of thioether (sulfide) groups is 1. The maximum Gasteiger partial charge on any atom is 0.239 e. The summed E-state index contributed by atoms with van der Waals surface area (Å²) in [7, 11) is 0. The fraction of sp³-hybridized carbons (Fsp3) is 0.0435. The topological polar surface area (TPSA) is 35.0 Å². The van der Waals surface area contributed by atoms with E-state index in [0.717, 1.165) is 22.6 Å². The molecule has 0 unspecified atom stereocenters. The summed E-state index contributed by atoms with van der Waals surface area (Å²) in [5.41, 5.74) is 2.72. The fourth-order valence-electron chi connectivity index (χ4n) is 2.91. The first-order chi connectivity index (χ1) is 14.5. The van der Waals surface area contributed by atoms with E-state index >= 15 is 0 Å². The lowest BCUT2D eigenvalue weighted by Gasteiger charge is -2.12. The Morgan fingerprint density at radius 2 is 1.40 bits per heavy atom. The van der Waals surface area contributed by atoms with Crippen molar-refractivity contribution in [2.45, 2.75) is 4.90 Å². The molecule has 1 heterocycles. The van der Waals surface area contributed by atoms with E-state index in [0.29, 0.717) is 16.8 Å². The summed E-state index contributed by atoms with van der Waals surface area (Å²) in [4.78, 5) is 1.10. The Kier molecular flexibility index (Phi) is 5.72. The number of ether oxygens (including phenoxy) is 1. The van der Waals surface area contributed by atoms with Gasteiger partial charge in [-0.2, -0.15) is 0 Å². The Labute approximate surface area is 175 Å². The van der Waals surface area contributed by atoms with Crippen LogP contribution in [0.15, 0.2) is 77.7 Å². The van der Waals surface area contributed by atoms with E-state index in [1.165, 1.54) is 18.2 Å². The second-order valence-corrected chi connectivity index (χ2v) is 7.24. The number of halogens is 3. The van der Waals surface area contributed by atoms with Gasteiger partial charge in [-0.15, -0.1) is 22.0 Å². The molecule has 0 N–H and O–H groups in total. The normalized spacial score (nSPS) is 10.8. The molecule has 0 saturated heterocycles. The van der Waals surface area contributed by atoms with Crippen LogP contribution in [0.3, 0.4) is 0 Å². The minimum atomic E-state index is -0.850. The van der Waals surface area contributed by atoms with Crippen LogP contribution in [0.5, 0.6) is 11.6 Å². The molecule has 1 aromatic heterocycles. The van der Waals surface area contributed by atoms with E-state index in [-0.39, 0.29) is 17.4 Å². The molecule has 3 aromatic carbocycles. The molecule has 150 valence electrons. The number of hydrogen-bond acceptors (Lipinski definition) is 4. The first-order valence-corrected chi connectivity index (χ1v) is 10.2. The second-order valence-electron chi connectivity index (χ2n) is 6.36. The van der Waals surface area contributed by atoms with Crippen LogP contribution in [0.25, 0.3) is 22.4 Å². The average Bonchev–Trinajstić information content (AvgIpc) is 2.76. The van der Waals surface area contributed by atoms with E-state index < -0.39 is 11.6 Å². The summed E-state index contributed by atoms with van der Waals surface area (Å²) in [6, 6.07) is 18.3. The number of rotatable bonds is 5. The van der Waals surface area contributed by atoms with E-state index in [2.05, 4.69) is 10.2 Å². The molecule has 0 aliphatic rings. The maximum absolute atomic E-state index is 14.0. The molecular weight excluding hydrogens is 409 g/mol. The zero-order valence-corrected chi connectivity index (χ0v) is 16.6. The fourth-order valence-corrected chi connectivity index (χ4v) is 3.31. The van der Waals surface area contributed by atoms with E-state index in [9.17, 15) is 13.2 Å². The standard InChI is InChI=1S/C23H15F3N2OS/c1-30-18-9-4-15(5-10-18)23-19(14-2-6-16(24)7-3-14)13-22(27-28-23)29-21-11-8-17(25)12-20(21)26/h2-13H,1H3. The van der Waals surface area contributed by atoms with Gasteiger partial charge in [0.15, 0.2) is 11.6 Å². The van der Waals surface area contributed by atoms with Gasteiger partial charge in [0, 0.05) is 28.2 Å². The van der Waals surface area contributed by atoms with Crippen LogP contribution in [0, 0.1) is 17.5 Å². The van der Waals surface area contributed by atoms with Gasteiger partial charge in [-0.3, -0.25) is 0 Å². The molecule has 3 nitrogen and oxygen atoms in total. The van der Waals surface area contributed by atoms with Gasteiger partial charge in [0.05, 0.1) is 0 Å². The van der Waals surface area contributed by atoms with Crippen LogP contribution in [0.4, 0.5) is 13.2 Å². The SMILES string of the molecule is CSc1ccc(-c2nnc(Oc3ccc(F)cc3F)cc2-c2ccc(F)cc2)cc1. The zero-order valence-electron chi connectivity index (χ0n) is 15.8. The largest absolute Gasteiger partial charge is 0.434 e. The third-order valence-electron chi connectivity index (χ3n) is 4.40. The van der Waals surface area contributed by atoms with E-state index in [1.54, 1.807) is 30.0 Å². The number of nitrogens with zero attached hydrogens (tertiary/aromatic N) is 2. The number of aromatic nitrogens is 2. The summed E-state index contributed by atoms with van der Waals surface area (Å²) >= 11 is 1.62. The molecule has 0 bridgehead atoms. The molecule has 0 radical (unpaired) electrons. The molecule has 7 heteroatoms. The van der Waals surface area contributed by atoms with Gasteiger partial charge in [-0.05, 0) is 48.2 Å². The first-order valence-electron chi connectivity index (χ1n) is 8.94. The van der Waals surface area contributed by atoms with Gasteiger partial charge in [-0.25, -0.2) is 13.2 Å². The van der Waals surface area contributed by atoms with Crippen molar-refractivity contribution in [3.8, 4) is 34.0 Å². The molecule has 0 fully saturated rings. The molecule has 30 heavy (non-hydrogen) atoms. The summed E-state index contributed by atoms with van der Waals surface area (Å²) in [6.07, 6.45) is 1.99. The molecule has 0 amide bonds. The Morgan fingerprint density at radius 3 is 2.07 bits per heavy atom. The van der Waals surface area contributed by atoms with Crippen molar-refractivity contribution < 1.29 is 17.9 Å². The van der Waals surface area contributed by atoms with E-state index in [4.69, 9.17) is 4.74 Å². The van der Waals surface area contributed by atoms with Crippen LogP contribution in [0.1, 0.15) is 0 Å². The predicted molar refractivity (Wildman–Crippen MR) is 111 cm³/mol. The van der Waals surface area contributed by atoms with Crippen molar-refractivity contribution in [2.75, 3.05) is 6.26 Å². The maximum atomic E-state index is 14.0. The van der Waals surface area contributed by atoms with Crippen molar-refractivity contribution in [1.29, 1.82) is 0 Å². The lowest BCUT2D eigenvalue weighted by atomic mass is 10.00. The van der Waals surface area contributed by atoms with Gasteiger partial charge in [0.2, 0.25) is 5.88 Å². The molecule has 0 saturated carbocycles. The van der Waals surface area contributed by atoms with Crippen LogP contribution in [-0.2, 0) is 0 Å². The van der Waals surface area contributed by atoms with Crippen molar-refractivity contribution in [2.24, 2.45) is 0 Å². The highest BCUT2D eigenvalue weighted by Crippen LogP contribution is 2.34. The van der Waals surface area contributed by atoms with Gasteiger partial charge in [-0.1, -0.05) is 24.3 Å².